The summed E-state index contributed by atoms with van der Waals surface area (Å²) in [7, 11) is 0. The van der Waals surface area contributed by atoms with Crippen LogP contribution in [0.4, 0.5) is 16.0 Å². The van der Waals surface area contributed by atoms with E-state index in [0.29, 0.717) is 40.6 Å². The van der Waals surface area contributed by atoms with Crippen molar-refractivity contribution in [2.45, 2.75) is 31.7 Å². The van der Waals surface area contributed by atoms with Gasteiger partial charge in [0.1, 0.15) is 28.6 Å². The molecule has 206 valence electrons. The van der Waals surface area contributed by atoms with Gasteiger partial charge in [0, 0.05) is 16.8 Å². The van der Waals surface area contributed by atoms with Gasteiger partial charge >= 0.3 is 5.97 Å². The average molecular weight is 571 g/mol. The van der Waals surface area contributed by atoms with E-state index >= 15 is 0 Å². The third-order valence-electron chi connectivity index (χ3n) is 7.45. The van der Waals surface area contributed by atoms with Crippen molar-refractivity contribution in [3.63, 3.8) is 0 Å². The zero-order valence-corrected chi connectivity index (χ0v) is 22.6. The molecule has 0 radical (unpaired) electrons. The van der Waals surface area contributed by atoms with Crippen LogP contribution in [-0.4, -0.2) is 36.7 Å². The number of hydrogen-bond acceptors (Lipinski definition) is 6. The Morgan fingerprint density at radius 2 is 1.78 bits per heavy atom. The van der Waals surface area contributed by atoms with E-state index in [-0.39, 0.29) is 29.8 Å². The van der Waals surface area contributed by atoms with Crippen molar-refractivity contribution in [3.05, 3.63) is 99.8 Å². The van der Waals surface area contributed by atoms with E-state index in [1.54, 1.807) is 48.0 Å². The predicted molar refractivity (Wildman–Crippen MR) is 153 cm³/mol. The molecule has 0 saturated heterocycles. The Bertz CT molecular complexity index is 1840. The molecular formula is C30H24ClFN6O3. The fourth-order valence-corrected chi connectivity index (χ4v) is 5.41. The number of aliphatic carboxylic acids is 1. The Kier molecular flexibility index (Phi) is 6.42. The number of aryl methyl sites for hydroxylation is 1. The highest BCUT2D eigenvalue weighted by atomic mass is 35.5. The molecule has 0 unspecified atom stereocenters. The van der Waals surface area contributed by atoms with Gasteiger partial charge in [-0.3, -0.25) is 14.3 Å². The first-order chi connectivity index (χ1) is 19.6. The van der Waals surface area contributed by atoms with Crippen LogP contribution in [0.5, 0.6) is 0 Å². The third-order valence-corrected chi connectivity index (χ3v) is 7.69. The second kappa shape index (κ2) is 9.97. The lowest BCUT2D eigenvalue weighted by Crippen LogP contribution is -2.33. The van der Waals surface area contributed by atoms with Gasteiger partial charge in [0.05, 0.1) is 17.6 Å². The molecule has 5 aromatic rings. The number of halogens is 2. The molecule has 0 fully saturated rings. The van der Waals surface area contributed by atoms with Crippen LogP contribution in [0, 0.1) is 5.82 Å². The van der Waals surface area contributed by atoms with E-state index in [9.17, 15) is 14.0 Å². The summed E-state index contributed by atoms with van der Waals surface area (Å²) in [5, 5.41) is 17.9. The van der Waals surface area contributed by atoms with Gasteiger partial charge in [0.2, 0.25) is 5.91 Å². The molecule has 2 aromatic heterocycles. The first kappa shape index (κ1) is 26.4. The zero-order chi connectivity index (χ0) is 28.9. The number of amides is 1. The summed E-state index contributed by atoms with van der Waals surface area (Å²) in [6.45, 7) is 2.11. The second-order valence-corrected chi connectivity index (χ2v) is 10.6. The molecule has 3 aromatic carbocycles. The van der Waals surface area contributed by atoms with E-state index in [2.05, 4.69) is 15.3 Å². The minimum Gasteiger partial charge on any atom is -0.481 e. The van der Waals surface area contributed by atoms with Crippen molar-refractivity contribution in [1.82, 2.24) is 19.7 Å². The maximum Gasteiger partial charge on any atom is 0.303 e. The largest absolute Gasteiger partial charge is 0.481 e. The topological polar surface area (TPSA) is 136 Å². The molecule has 4 N–H and O–H groups in total. The molecule has 1 amide bonds. The monoisotopic (exact) mass is 570 g/mol. The van der Waals surface area contributed by atoms with Crippen LogP contribution in [0.2, 0.25) is 5.02 Å². The van der Waals surface area contributed by atoms with Crippen LogP contribution in [0.1, 0.15) is 35.6 Å². The summed E-state index contributed by atoms with van der Waals surface area (Å²) >= 11 is 6.30. The van der Waals surface area contributed by atoms with Gasteiger partial charge in [-0.1, -0.05) is 48.0 Å². The minimum atomic E-state index is -1.15. The number of aromatic nitrogens is 4. The highest BCUT2D eigenvalue weighted by Gasteiger charge is 2.47. The molecule has 0 aliphatic carbocycles. The average Bonchev–Trinajstić information content (AvgIpc) is 3.43. The number of rotatable bonds is 7. The number of nitrogen functional groups attached to an aromatic ring is 1. The Hall–Kier alpha value is -4.83. The van der Waals surface area contributed by atoms with Gasteiger partial charge in [0.25, 0.3) is 0 Å². The molecule has 41 heavy (non-hydrogen) atoms. The number of nitrogens with one attached hydrogen (secondary N) is 1. The number of hydrogen-bond donors (Lipinski definition) is 3. The molecule has 0 bridgehead atoms. The molecule has 1 aliphatic rings. The van der Waals surface area contributed by atoms with Gasteiger partial charge in [-0.2, -0.15) is 5.10 Å². The van der Waals surface area contributed by atoms with Crippen LogP contribution < -0.4 is 11.1 Å². The van der Waals surface area contributed by atoms with E-state index in [1.165, 1.54) is 12.1 Å². The third kappa shape index (κ3) is 4.66. The standard InChI is InChI=1S/C30H24ClFN6O3/c1-30(18-7-2-16(3-8-18)6-13-23(39)40)24-26(33)34-28(35-27(24)36-29(30)41)25-21-12-9-19(31)14-22(21)38(37-25)15-17-4-10-20(32)11-5-17/h2-5,7-12,14H,6,13,15H2,1H3,(H,39,40)(H3,33,34,35,36,41)/t30-/m0/s1. The van der Waals surface area contributed by atoms with Gasteiger partial charge in [-0.25, -0.2) is 14.4 Å². The molecule has 6 rings (SSSR count). The van der Waals surface area contributed by atoms with Crippen LogP contribution in [0.15, 0.2) is 66.7 Å². The number of nitrogens with two attached hydrogens (primary N) is 1. The number of carbonyl (C=O) groups is 2. The van der Waals surface area contributed by atoms with Crippen molar-refractivity contribution in [3.8, 4) is 11.5 Å². The maximum absolute atomic E-state index is 13.5. The lowest BCUT2D eigenvalue weighted by atomic mass is 9.77. The first-order valence-corrected chi connectivity index (χ1v) is 13.2. The van der Waals surface area contributed by atoms with E-state index in [4.69, 9.17) is 27.5 Å². The Morgan fingerprint density at radius 3 is 2.49 bits per heavy atom. The number of fused-ring (bicyclic) bond motifs is 2. The number of nitrogens with zero attached hydrogens (tertiary/aromatic N) is 4. The molecule has 3 heterocycles. The van der Waals surface area contributed by atoms with Crippen LogP contribution >= 0.6 is 11.6 Å². The maximum atomic E-state index is 13.5. The van der Waals surface area contributed by atoms with Crippen molar-refractivity contribution in [1.29, 1.82) is 0 Å². The number of benzene rings is 3. The number of carboxylic acid groups (broad SMARTS) is 1. The number of carbonyl (C=O) groups excluding carboxylic acids is 1. The molecule has 0 spiro atoms. The van der Waals surface area contributed by atoms with Crippen LogP contribution in [-0.2, 0) is 28.0 Å². The van der Waals surface area contributed by atoms with Crippen molar-refractivity contribution >= 4 is 46.0 Å². The smallest absolute Gasteiger partial charge is 0.303 e. The minimum absolute atomic E-state index is 0.0179. The molecule has 1 atom stereocenters. The second-order valence-electron chi connectivity index (χ2n) is 10.1. The first-order valence-electron chi connectivity index (χ1n) is 12.8. The normalized spacial score (nSPS) is 16.1. The fourth-order valence-electron chi connectivity index (χ4n) is 5.24. The molecule has 1 aliphatic heterocycles. The molecular weight excluding hydrogens is 547 g/mol. The van der Waals surface area contributed by atoms with Gasteiger partial charge in [-0.15, -0.1) is 0 Å². The molecule has 0 saturated carbocycles. The summed E-state index contributed by atoms with van der Waals surface area (Å²) in [4.78, 5) is 33.6. The zero-order valence-electron chi connectivity index (χ0n) is 21.9. The summed E-state index contributed by atoms with van der Waals surface area (Å²) in [6.07, 6.45) is 0.404. The summed E-state index contributed by atoms with van der Waals surface area (Å²) in [5.41, 5.74) is 9.38. The molecule has 11 heteroatoms. The van der Waals surface area contributed by atoms with Crippen molar-refractivity contribution < 1.29 is 19.1 Å². The van der Waals surface area contributed by atoms with Crippen molar-refractivity contribution in [2.75, 3.05) is 11.1 Å². The van der Waals surface area contributed by atoms with Crippen molar-refractivity contribution in [2.24, 2.45) is 0 Å². The van der Waals surface area contributed by atoms with Gasteiger partial charge in [-0.05, 0) is 60.4 Å². The highest BCUT2D eigenvalue weighted by molar-refractivity contribution is 6.31. The summed E-state index contributed by atoms with van der Waals surface area (Å²) in [6, 6.07) is 18.7. The molecule has 9 nitrogen and oxygen atoms in total. The summed E-state index contributed by atoms with van der Waals surface area (Å²) in [5.74, 6) is -0.835. The lowest BCUT2D eigenvalue weighted by molar-refractivity contribution is -0.137. The number of anilines is 2. The lowest BCUT2D eigenvalue weighted by Gasteiger charge is -2.23. The van der Waals surface area contributed by atoms with E-state index in [0.717, 1.165) is 22.0 Å². The Labute approximate surface area is 238 Å². The van der Waals surface area contributed by atoms with E-state index < -0.39 is 11.4 Å². The SMILES string of the molecule is C[C@@]1(c2ccc(CCC(=O)O)cc2)C(=O)Nc2nc(-c3nn(Cc4ccc(F)cc4)c4cc(Cl)ccc34)nc(N)c21. The number of carboxylic acids is 1. The van der Waals surface area contributed by atoms with Crippen LogP contribution in [0.3, 0.4) is 0 Å². The highest BCUT2D eigenvalue weighted by Crippen LogP contribution is 2.45. The fraction of sp³-hybridized carbons (Fsp3) is 0.167. The van der Waals surface area contributed by atoms with Gasteiger partial charge < -0.3 is 16.2 Å². The van der Waals surface area contributed by atoms with Gasteiger partial charge in [0.15, 0.2) is 5.82 Å². The summed E-state index contributed by atoms with van der Waals surface area (Å²) < 4.78 is 15.2. The Morgan fingerprint density at radius 1 is 1.07 bits per heavy atom. The van der Waals surface area contributed by atoms with E-state index in [1.807, 2.05) is 18.2 Å². The quantitative estimate of drug-likeness (QED) is 0.245. The predicted octanol–water partition coefficient (Wildman–Crippen LogP) is 5.19. The Balaban J connectivity index is 1.40. The van der Waals surface area contributed by atoms with Crippen LogP contribution in [0.25, 0.3) is 22.4 Å².